The lowest BCUT2D eigenvalue weighted by Crippen LogP contribution is -2.40. The van der Waals surface area contributed by atoms with Crippen molar-refractivity contribution in [1.82, 2.24) is 4.90 Å². The Kier molecular flexibility index (Phi) is 3.44. The zero-order valence-corrected chi connectivity index (χ0v) is 13.7. The average molecular weight is 307 g/mol. The van der Waals surface area contributed by atoms with Gasteiger partial charge in [0.25, 0.3) is 0 Å². The second kappa shape index (κ2) is 4.91. The van der Waals surface area contributed by atoms with Crippen LogP contribution in [0.5, 0.6) is 0 Å². The summed E-state index contributed by atoms with van der Waals surface area (Å²) in [6.07, 6.45) is 3.42. The van der Waals surface area contributed by atoms with Gasteiger partial charge in [-0.1, -0.05) is 32.4 Å². The molecule has 114 valence electrons. The maximum absolute atomic E-state index is 12.6. The van der Waals surface area contributed by atoms with E-state index in [9.17, 15) is 4.79 Å². The number of amides is 2. The maximum atomic E-state index is 12.6. The fourth-order valence-electron chi connectivity index (χ4n) is 4.43. The number of nitrogens with one attached hydrogen (secondary N) is 1. The highest BCUT2D eigenvalue weighted by Gasteiger charge is 2.50. The number of rotatable bonds is 1. The van der Waals surface area contributed by atoms with Crippen molar-refractivity contribution in [2.75, 3.05) is 11.9 Å². The minimum atomic E-state index is 0.0174. The number of hydrogen-bond acceptors (Lipinski definition) is 1. The SMILES string of the molecule is CC1(C)C[C@@H]2C[C@@](C)(CN2C(=O)Nc2ccc(Cl)cc2)C1. The molecule has 2 bridgehead atoms. The van der Waals surface area contributed by atoms with Crippen molar-refractivity contribution in [3.63, 3.8) is 0 Å². The van der Waals surface area contributed by atoms with E-state index in [0.29, 0.717) is 16.5 Å². The molecule has 2 fully saturated rings. The number of carbonyl (C=O) groups excluding carboxylic acids is 1. The third kappa shape index (κ3) is 3.03. The summed E-state index contributed by atoms with van der Waals surface area (Å²) in [7, 11) is 0. The Labute approximate surface area is 131 Å². The summed E-state index contributed by atoms with van der Waals surface area (Å²) < 4.78 is 0. The topological polar surface area (TPSA) is 32.3 Å². The van der Waals surface area contributed by atoms with Crippen molar-refractivity contribution < 1.29 is 4.79 Å². The van der Waals surface area contributed by atoms with E-state index in [2.05, 4.69) is 26.1 Å². The number of nitrogens with zero attached hydrogens (tertiary/aromatic N) is 1. The first-order valence-electron chi connectivity index (χ1n) is 7.60. The van der Waals surface area contributed by atoms with Crippen molar-refractivity contribution in [1.29, 1.82) is 0 Å². The molecule has 1 N–H and O–H groups in total. The summed E-state index contributed by atoms with van der Waals surface area (Å²) in [5.41, 5.74) is 1.40. The minimum Gasteiger partial charge on any atom is -0.321 e. The second-order valence-electron chi connectivity index (χ2n) is 7.78. The van der Waals surface area contributed by atoms with Crippen molar-refractivity contribution in [2.24, 2.45) is 10.8 Å². The Morgan fingerprint density at radius 2 is 1.90 bits per heavy atom. The number of hydrogen-bond donors (Lipinski definition) is 1. The number of urea groups is 1. The van der Waals surface area contributed by atoms with Crippen LogP contribution in [0.25, 0.3) is 0 Å². The lowest BCUT2D eigenvalue weighted by Gasteiger charge is -2.39. The van der Waals surface area contributed by atoms with Gasteiger partial charge in [0.05, 0.1) is 0 Å². The normalized spacial score (nSPS) is 30.3. The molecule has 1 saturated heterocycles. The van der Waals surface area contributed by atoms with Gasteiger partial charge in [-0.15, -0.1) is 0 Å². The van der Waals surface area contributed by atoms with Crippen LogP contribution < -0.4 is 5.32 Å². The summed E-state index contributed by atoms with van der Waals surface area (Å²) in [6, 6.07) is 7.66. The van der Waals surface area contributed by atoms with Gasteiger partial charge in [-0.05, 0) is 54.4 Å². The molecule has 21 heavy (non-hydrogen) atoms. The molecule has 0 unspecified atom stereocenters. The Morgan fingerprint density at radius 1 is 1.24 bits per heavy atom. The molecule has 2 amide bonds. The summed E-state index contributed by atoms with van der Waals surface area (Å²) in [4.78, 5) is 14.6. The molecule has 1 aromatic rings. The summed E-state index contributed by atoms with van der Waals surface area (Å²) in [6.45, 7) is 7.81. The van der Waals surface area contributed by atoms with Gasteiger partial charge in [-0.25, -0.2) is 4.79 Å². The van der Waals surface area contributed by atoms with Crippen LogP contribution in [0.4, 0.5) is 10.5 Å². The molecule has 0 aromatic heterocycles. The van der Waals surface area contributed by atoms with Gasteiger partial charge in [0, 0.05) is 23.3 Å². The number of likely N-dealkylation sites (tertiary alicyclic amines) is 1. The largest absolute Gasteiger partial charge is 0.322 e. The number of anilines is 1. The Hall–Kier alpha value is -1.22. The summed E-state index contributed by atoms with van der Waals surface area (Å²) >= 11 is 5.87. The highest BCUT2D eigenvalue weighted by Crippen LogP contribution is 2.52. The lowest BCUT2D eigenvalue weighted by atomic mass is 9.65. The van der Waals surface area contributed by atoms with Gasteiger partial charge in [-0.3, -0.25) is 0 Å². The molecule has 0 radical (unpaired) electrons. The van der Waals surface area contributed by atoms with E-state index in [-0.39, 0.29) is 11.4 Å². The number of benzene rings is 1. The second-order valence-corrected chi connectivity index (χ2v) is 8.22. The molecular weight excluding hydrogens is 284 g/mol. The summed E-state index contributed by atoms with van der Waals surface area (Å²) in [5, 5.41) is 3.68. The van der Waals surface area contributed by atoms with Crippen LogP contribution in [0.2, 0.25) is 5.02 Å². The third-order valence-corrected chi connectivity index (χ3v) is 5.02. The van der Waals surface area contributed by atoms with Gasteiger partial charge < -0.3 is 10.2 Å². The number of halogens is 1. The first-order chi connectivity index (χ1) is 9.76. The van der Waals surface area contributed by atoms with E-state index < -0.39 is 0 Å². The highest BCUT2D eigenvalue weighted by molar-refractivity contribution is 6.30. The van der Waals surface area contributed by atoms with Gasteiger partial charge in [0.2, 0.25) is 0 Å². The zero-order chi connectivity index (χ0) is 15.3. The Morgan fingerprint density at radius 3 is 2.57 bits per heavy atom. The van der Waals surface area contributed by atoms with E-state index in [0.717, 1.165) is 25.1 Å². The van der Waals surface area contributed by atoms with Gasteiger partial charge in [-0.2, -0.15) is 0 Å². The molecule has 1 heterocycles. The first-order valence-corrected chi connectivity index (χ1v) is 7.97. The van der Waals surface area contributed by atoms with E-state index in [1.807, 2.05) is 17.0 Å². The predicted octanol–water partition coefficient (Wildman–Crippen LogP) is 4.77. The molecule has 2 atom stereocenters. The minimum absolute atomic E-state index is 0.0174. The maximum Gasteiger partial charge on any atom is 0.322 e. The summed E-state index contributed by atoms with van der Waals surface area (Å²) in [5.74, 6) is 0. The first kappa shape index (κ1) is 14.7. The van der Waals surface area contributed by atoms with Crippen LogP contribution in [0, 0.1) is 10.8 Å². The fraction of sp³-hybridized carbons (Fsp3) is 0.588. The van der Waals surface area contributed by atoms with Gasteiger partial charge in [0.1, 0.15) is 0 Å². The van der Waals surface area contributed by atoms with E-state index >= 15 is 0 Å². The molecule has 3 nitrogen and oxygen atoms in total. The Balaban J connectivity index is 1.73. The van der Waals surface area contributed by atoms with Crippen molar-refractivity contribution in [3.8, 4) is 0 Å². The fourth-order valence-corrected chi connectivity index (χ4v) is 4.55. The van der Waals surface area contributed by atoms with Crippen LogP contribution >= 0.6 is 11.6 Å². The predicted molar refractivity (Wildman–Crippen MR) is 86.7 cm³/mol. The van der Waals surface area contributed by atoms with E-state index in [1.165, 1.54) is 6.42 Å². The Bertz CT molecular complexity index is 554. The van der Waals surface area contributed by atoms with E-state index in [4.69, 9.17) is 11.6 Å². The van der Waals surface area contributed by atoms with Crippen molar-refractivity contribution >= 4 is 23.3 Å². The van der Waals surface area contributed by atoms with Crippen LogP contribution in [0.15, 0.2) is 24.3 Å². The van der Waals surface area contributed by atoms with Crippen molar-refractivity contribution in [3.05, 3.63) is 29.3 Å². The smallest absolute Gasteiger partial charge is 0.321 e. The van der Waals surface area contributed by atoms with Crippen LogP contribution in [-0.2, 0) is 0 Å². The molecular formula is C17H23ClN2O. The molecule has 1 aromatic carbocycles. The molecule has 3 rings (SSSR count). The highest BCUT2D eigenvalue weighted by atomic mass is 35.5. The molecule has 1 saturated carbocycles. The standard InChI is InChI=1S/C17H23ClN2O/c1-16(2)8-14-9-17(3,10-16)11-20(14)15(21)19-13-6-4-12(18)5-7-13/h4-7,14H,8-11H2,1-3H3,(H,19,21)/t14-,17-/m1/s1. The number of carbonyl (C=O) groups is 1. The zero-order valence-electron chi connectivity index (χ0n) is 12.9. The van der Waals surface area contributed by atoms with Crippen LogP contribution in [0.3, 0.4) is 0 Å². The molecule has 0 spiro atoms. The molecule has 1 aliphatic heterocycles. The van der Waals surface area contributed by atoms with Crippen molar-refractivity contribution in [2.45, 2.75) is 46.1 Å². The van der Waals surface area contributed by atoms with Gasteiger partial charge >= 0.3 is 6.03 Å². The quantitative estimate of drug-likeness (QED) is 0.796. The number of fused-ring (bicyclic) bond motifs is 2. The third-order valence-electron chi connectivity index (χ3n) is 4.77. The molecule has 2 aliphatic rings. The molecule has 4 heteroatoms. The average Bonchev–Trinajstić information content (AvgIpc) is 2.61. The van der Waals surface area contributed by atoms with Crippen LogP contribution in [-0.4, -0.2) is 23.5 Å². The van der Waals surface area contributed by atoms with Crippen LogP contribution in [0.1, 0.15) is 40.0 Å². The monoisotopic (exact) mass is 306 g/mol. The lowest BCUT2D eigenvalue weighted by molar-refractivity contribution is 0.130. The van der Waals surface area contributed by atoms with E-state index in [1.54, 1.807) is 12.1 Å². The molecule has 1 aliphatic carbocycles. The van der Waals surface area contributed by atoms with Gasteiger partial charge in [0.15, 0.2) is 0 Å².